The Morgan fingerprint density at radius 2 is 1.50 bits per heavy atom. The number of hydrogen-bond acceptors (Lipinski definition) is 5. The summed E-state index contributed by atoms with van der Waals surface area (Å²) in [6.45, 7) is 3.06. The Morgan fingerprint density at radius 1 is 0.857 bits per heavy atom. The van der Waals surface area contributed by atoms with Crippen molar-refractivity contribution in [2.75, 3.05) is 32.8 Å². The Hall–Kier alpha value is -3.35. The number of carbonyl (C=O) groups is 3. The molecule has 0 radical (unpaired) electrons. The zero-order valence-electron chi connectivity index (χ0n) is 15.7. The van der Waals surface area contributed by atoms with E-state index in [2.05, 4.69) is 0 Å². The van der Waals surface area contributed by atoms with Gasteiger partial charge < -0.3 is 19.3 Å². The third-order valence-electron chi connectivity index (χ3n) is 4.37. The first kappa shape index (κ1) is 19.4. The molecule has 1 aliphatic rings. The second kappa shape index (κ2) is 9.03. The van der Waals surface area contributed by atoms with E-state index in [4.69, 9.17) is 9.47 Å². The van der Waals surface area contributed by atoms with Crippen molar-refractivity contribution < 1.29 is 23.9 Å². The molecule has 0 atom stereocenters. The Labute approximate surface area is 163 Å². The molecule has 3 rings (SSSR count). The largest absolute Gasteiger partial charge is 0.484 e. The van der Waals surface area contributed by atoms with Gasteiger partial charge >= 0.3 is 5.97 Å². The van der Waals surface area contributed by atoms with E-state index in [0.717, 1.165) is 0 Å². The topological polar surface area (TPSA) is 76.2 Å². The van der Waals surface area contributed by atoms with Gasteiger partial charge in [-0.2, -0.15) is 0 Å². The predicted octanol–water partition coefficient (Wildman–Crippen LogP) is 1.98. The fraction of sp³-hybridized carbons (Fsp3) is 0.286. The lowest BCUT2D eigenvalue weighted by Gasteiger charge is -2.34. The molecule has 7 nitrogen and oxygen atoms in total. The number of hydrogen-bond donors (Lipinski definition) is 0. The molecule has 2 aromatic rings. The van der Waals surface area contributed by atoms with Crippen LogP contribution in [-0.2, 0) is 9.59 Å². The number of benzene rings is 2. The first-order valence-corrected chi connectivity index (χ1v) is 9.06. The van der Waals surface area contributed by atoms with Gasteiger partial charge in [0.05, 0.1) is 0 Å². The minimum Gasteiger partial charge on any atom is -0.484 e. The second-order valence-corrected chi connectivity index (χ2v) is 6.40. The van der Waals surface area contributed by atoms with Crippen molar-refractivity contribution in [1.29, 1.82) is 0 Å². The zero-order chi connectivity index (χ0) is 19.9. The van der Waals surface area contributed by atoms with Gasteiger partial charge in [0.25, 0.3) is 11.8 Å². The normalized spacial score (nSPS) is 13.8. The fourth-order valence-electron chi connectivity index (χ4n) is 2.95. The molecule has 0 unspecified atom stereocenters. The van der Waals surface area contributed by atoms with E-state index >= 15 is 0 Å². The Morgan fingerprint density at radius 3 is 2.18 bits per heavy atom. The summed E-state index contributed by atoms with van der Waals surface area (Å²) >= 11 is 0. The van der Waals surface area contributed by atoms with Crippen molar-refractivity contribution >= 4 is 17.8 Å². The third-order valence-corrected chi connectivity index (χ3v) is 4.37. The van der Waals surface area contributed by atoms with Crippen LogP contribution >= 0.6 is 0 Å². The lowest BCUT2D eigenvalue weighted by atomic mass is 10.1. The van der Waals surface area contributed by atoms with Gasteiger partial charge in [0, 0.05) is 38.7 Å². The van der Waals surface area contributed by atoms with Crippen molar-refractivity contribution in [3.05, 3.63) is 60.2 Å². The third kappa shape index (κ3) is 5.09. The number of amides is 2. The molecule has 1 fully saturated rings. The fourth-order valence-corrected chi connectivity index (χ4v) is 2.95. The molecule has 0 saturated carbocycles. The zero-order valence-corrected chi connectivity index (χ0v) is 15.7. The molecule has 0 bridgehead atoms. The smallest absolute Gasteiger partial charge is 0.308 e. The monoisotopic (exact) mass is 382 g/mol. The molecule has 2 aromatic carbocycles. The Kier molecular flexibility index (Phi) is 6.26. The standard InChI is InChI=1S/C21H22N2O5/c1-16(24)28-19-9-5-6-17(14-19)21(26)23-12-10-22(11-13-23)20(25)15-27-18-7-3-2-4-8-18/h2-9,14H,10-13,15H2,1H3. The summed E-state index contributed by atoms with van der Waals surface area (Å²) in [6, 6.07) is 15.7. The van der Waals surface area contributed by atoms with Gasteiger partial charge in [0.2, 0.25) is 0 Å². The quantitative estimate of drug-likeness (QED) is 0.584. The summed E-state index contributed by atoms with van der Waals surface area (Å²) in [6.07, 6.45) is 0. The summed E-state index contributed by atoms with van der Waals surface area (Å²) < 4.78 is 10.5. The van der Waals surface area contributed by atoms with Crippen LogP contribution in [0.15, 0.2) is 54.6 Å². The van der Waals surface area contributed by atoms with Crippen molar-refractivity contribution in [1.82, 2.24) is 9.80 Å². The molecule has 0 spiro atoms. The molecule has 2 amide bonds. The van der Waals surface area contributed by atoms with E-state index in [1.165, 1.54) is 6.92 Å². The number of esters is 1. The number of para-hydroxylation sites is 1. The van der Waals surface area contributed by atoms with Crippen LogP contribution in [0.2, 0.25) is 0 Å². The lowest BCUT2D eigenvalue weighted by molar-refractivity contribution is -0.135. The summed E-state index contributed by atoms with van der Waals surface area (Å²) in [5, 5.41) is 0. The first-order valence-electron chi connectivity index (χ1n) is 9.06. The van der Waals surface area contributed by atoms with Gasteiger partial charge in [-0.15, -0.1) is 0 Å². The highest BCUT2D eigenvalue weighted by molar-refractivity contribution is 5.95. The highest BCUT2D eigenvalue weighted by Gasteiger charge is 2.25. The number of carbonyl (C=O) groups excluding carboxylic acids is 3. The van der Waals surface area contributed by atoms with Crippen LogP contribution < -0.4 is 9.47 Å². The van der Waals surface area contributed by atoms with E-state index in [1.54, 1.807) is 46.2 Å². The van der Waals surface area contributed by atoms with Crippen LogP contribution in [0.3, 0.4) is 0 Å². The van der Waals surface area contributed by atoms with E-state index in [-0.39, 0.29) is 18.4 Å². The number of piperazine rings is 1. The molecular formula is C21H22N2O5. The Bertz CT molecular complexity index is 845. The van der Waals surface area contributed by atoms with Gasteiger partial charge in [-0.05, 0) is 30.3 Å². The number of rotatable bonds is 5. The average Bonchev–Trinajstić information content (AvgIpc) is 2.72. The van der Waals surface area contributed by atoms with Crippen LogP contribution in [0, 0.1) is 0 Å². The van der Waals surface area contributed by atoms with Crippen molar-refractivity contribution in [3.8, 4) is 11.5 Å². The molecule has 7 heteroatoms. The molecule has 1 aliphatic heterocycles. The van der Waals surface area contributed by atoms with E-state index in [9.17, 15) is 14.4 Å². The van der Waals surface area contributed by atoms with Crippen molar-refractivity contribution in [2.45, 2.75) is 6.92 Å². The van der Waals surface area contributed by atoms with E-state index in [0.29, 0.717) is 43.2 Å². The van der Waals surface area contributed by atoms with Gasteiger partial charge in [-0.3, -0.25) is 14.4 Å². The molecule has 0 aromatic heterocycles. The maximum atomic E-state index is 12.7. The summed E-state index contributed by atoms with van der Waals surface area (Å²) in [4.78, 5) is 39.5. The maximum absolute atomic E-state index is 12.7. The van der Waals surface area contributed by atoms with Crippen LogP contribution in [0.5, 0.6) is 11.5 Å². The highest BCUT2D eigenvalue weighted by Crippen LogP contribution is 2.16. The minimum absolute atomic E-state index is 0.0254. The van der Waals surface area contributed by atoms with Gasteiger partial charge in [0.1, 0.15) is 11.5 Å². The van der Waals surface area contributed by atoms with Crippen molar-refractivity contribution in [3.63, 3.8) is 0 Å². The van der Waals surface area contributed by atoms with Crippen molar-refractivity contribution in [2.24, 2.45) is 0 Å². The minimum atomic E-state index is -0.436. The highest BCUT2D eigenvalue weighted by atomic mass is 16.5. The van der Waals surface area contributed by atoms with Crippen LogP contribution in [0.4, 0.5) is 0 Å². The van der Waals surface area contributed by atoms with Gasteiger partial charge in [-0.25, -0.2) is 0 Å². The Balaban J connectivity index is 1.51. The molecule has 1 saturated heterocycles. The summed E-state index contributed by atoms with van der Waals surface area (Å²) in [7, 11) is 0. The van der Waals surface area contributed by atoms with Gasteiger partial charge in [0.15, 0.2) is 6.61 Å². The van der Waals surface area contributed by atoms with Crippen LogP contribution in [0.25, 0.3) is 0 Å². The first-order chi connectivity index (χ1) is 13.5. The number of nitrogens with zero attached hydrogens (tertiary/aromatic N) is 2. The number of ether oxygens (including phenoxy) is 2. The SMILES string of the molecule is CC(=O)Oc1cccc(C(=O)N2CCN(C(=O)COc3ccccc3)CC2)c1. The summed E-state index contributed by atoms with van der Waals surface area (Å²) in [5.74, 6) is 0.298. The maximum Gasteiger partial charge on any atom is 0.308 e. The van der Waals surface area contributed by atoms with Crippen LogP contribution in [-0.4, -0.2) is 60.4 Å². The molecule has 0 N–H and O–H groups in total. The molecule has 146 valence electrons. The van der Waals surface area contributed by atoms with Crippen LogP contribution in [0.1, 0.15) is 17.3 Å². The second-order valence-electron chi connectivity index (χ2n) is 6.40. The van der Waals surface area contributed by atoms with E-state index in [1.807, 2.05) is 18.2 Å². The van der Waals surface area contributed by atoms with E-state index < -0.39 is 5.97 Å². The molecule has 1 heterocycles. The molecule has 0 aliphatic carbocycles. The lowest BCUT2D eigenvalue weighted by Crippen LogP contribution is -2.51. The average molecular weight is 382 g/mol. The predicted molar refractivity (Wildman–Crippen MR) is 102 cm³/mol. The molecular weight excluding hydrogens is 360 g/mol. The van der Waals surface area contributed by atoms with Gasteiger partial charge in [-0.1, -0.05) is 24.3 Å². The summed E-state index contributed by atoms with van der Waals surface area (Å²) in [5.41, 5.74) is 0.450. The molecule has 28 heavy (non-hydrogen) atoms.